The first-order valence-electron chi connectivity index (χ1n) is 3.92. The molecular weight excluding hydrogens is 197 g/mol. The van der Waals surface area contributed by atoms with Crippen molar-refractivity contribution in [2.24, 2.45) is 5.11 Å². The first-order chi connectivity index (χ1) is 6.57. The van der Waals surface area contributed by atoms with Crippen LogP contribution >= 0.6 is 0 Å². The molecule has 0 bridgehead atoms. The van der Waals surface area contributed by atoms with Crippen molar-refractivity contribution in [1.82, 2.24) is 0 Å². The van der Waals surface area contributed by atoms with Crippen molar-refractivity contribution in [3.63, 3.8) is 0 Å². The van der Waals surface area contributed by atoms with Gasteiger partial charge in [-0.15, -0.1) is 0 Å². The van der Waals surface area contributed by atoms with Gasteiger partial charge in [0.1, 0.15) is 18.3 Å². The molecule has 0 radical (unpaired) electrons. The van der Waals surface area contributed by atoms with E-state index in [1.807, 2.05) is 0 Å². The summed E-state index contributed by atoms with van der Waals surface area (Å²) in [7, 11) is 0. The first-order valence-corrected chi connectivity index (χ1v) is 3.92. The van der Waals surface area contributed by atoms with Gasteiger partial charge in [0, 0.05) is 4.91 Å². The van der Waals surface area contributed by atoms with Crippen molar-refractivity contribution in [3.05, 3.63) is 10.4 Å². The van der Waals surface area contributed by atoms with Gasteiger partial charge >= 0.3 is 0 Å². The molecule has 1 heterocycles. The zero-order chi connectivity index (χ0) is 10.7. The van der Waals surface area contributed by atoms with Gasteiger partial charge in [0.15, 0.2) is 0 Å². The Kier molecular flexibility index (Phi) is 3.62. The van der Waals surface area contributed by atoms with Crippen LogP contribution in [0.15, 0.2) is 5.11 Å². The van der Waals surface area contributed by atoms with Gasteiger partial charge in [-0.1, -0.05) is 5.11 Å². The molecule has 0 unspecified atom stereocenters. The number of aliphatic hydroxyl groups excluding tert-OH is 3. The number of alkyl halides is 1. The third kappa shape index (κ3) is 2.11. The van der Waals surface area contributed by atoms with E-state index in [1.165, 1.54) is 0 Å². The van der Waals surface area contributed by atoms with Crippen LogP contribution < -0.4 is 0 Å². The van der Waals surface area contributed by atoms with Crippen LogP contribution in [-0.2, 0) is 4.74 Å². The number of halogens is 1. The highest BCUT2D eigenvalue weighted by molar-refractivity contribution is 4.89. The number of azide groups is 1. The van der Waals surface area contributed by atoms with Gasteiger partial charge in [0.05, 0.1) is 12.6 Å². The Labute approximate surface area is 78.4 Å². The van der Waals surface area contributed by atoms with E-state index < -0.39 is 30.8 Å². The van der Waals surface area contributed by atoms with E-state index in [2.05, 4.69) is 14.8 Å². The van der Waals surface area contributed by atoms with E-state index in [4.69, 9.17) is 15.7 Å². The highest BCUT2D eigenvalue weighted by Crippen LogP contribution is 2.22. The minimum Gasteiger partial charge on any atom is -0.388 e. The summed E-state index contributed by atoms with van der Waals surface area (Å²) < 4.78 is 17.3. The van der Waals surface area contributed by atoms with Crippen LogP contribution in [0.1, 0.15) is 0 Å². The topological polar surface area (TPSA) is 119 Å². The average molecular weight is 207 g/mol. The number of hydrogen-bond donors (Lipinski definition) is 3. The Balaban J connectivity index is 2.64. The molecular formula is C6H10FN3O4. The molecule has 14 heavy (non-hydrogen) atoms. The van der Waals surface area contributed by atoms with E-state index in [-0.39, 0.29) is 6.54 Å². The fourth-order valence-corrected chi connectivity index (χ4v) is 1.17. The molecule has 0 aromatic carbocycles. The van der Waals surface area contributed by atoms with Crippen LogP contribution in [0.25, 0.3) is 10.4 Å². The number of rotatable bonds is 2. The Hall–Kier alpha value is -0.920. The standard InChI is InChI=1S/C6H10FN3O4/c7-6-5(13)4(12)3(11)2(14-6)1-9-10-8/h2-6,11-13H,1H2/t2-,3-,4+,5-,6+/m1/s1. The van der Waals surface area contributed by atoms with E-state index in [9.17, 15) is 9.50 Å². The third-order valence-electron chi connectivity index (χ3n) is 1.98. The molecule has 1 saturated heterocycles. The third-order valence-corrected chi connectivity index (χ3v) is 1.98. The SMILES string of the molecule is [N-]=[N+]=NC[C@H]1O[C@H](F)[C@H](O)[C@@H](O)[C@@H]1O. The molecule has 1 aliphatic rings. The molecule has 1 aliphatic heterocycles. The van der Waals surface area contributed by atoms with E-state index in [1.54, 1.807) is 0 Å². The maximum atomic E-state index is 12.8. The predicted octanol–water partition coefficient (Wildman–Crippen LogP) is -0.926. The molecule has 0 aromatic rings. The van der Waals surface area contributed by atoms with E-state index >= 15 is 0 Å². The molecule has 1 fully saturated rings. The summed E-state index contributed by atoms with van der Waals surface area (Å²) in [5, 5.41) is 30.4. The van der Waals surface area contributed by atoms with Crippen LogP contribution in [0.3, 0.4) is 0 Å². The Morgan fingerprint density at radius 1 is 1.29 bits per heavy atom. The van der Waals surface area contributed by atoms with Crippen molar-refractivity contribution in [2.45, 2.75) is 30.8 Å². The second kappa shape index (κ2) is 4.54. The Bertz CT molecular complexity index is 247. The number of nitrogens with zero attached hydrogens (tertiary/aromatic N) is 3. The van der Waals surface area contributed by atoms with Gasteiger partial charge in [0.25, 0.3) is 0 Å². The van der Waals surface area contributed by atoms with Crippen LogP contribution in [-0.4, -0.2) is 52.6 Å². The maximum absolute atomic E-state index is 12.8. The van der Waals surface area contributed by atoms with Crippen molar-refractivity contribution in [1.29, 1.82) is 0 Å². The van der Waals surface area contributed by atoms with Gasteiger partial charge in [-0.05, 0) is 5.53 Å². The highest BCUT2D eigenvalue weighted by atomic mass is 19.1. The number of aliphatic hydroxyl groups is 3. The second-order valence-corrected chi connectivity index (χ2v) is 2.91. The van der Waals surface area contributed by atoms with Crippen LogP contribution in [0.2, 0.25) is 0 Å². The van der Waals surface area contributed by atoms with E-state index in [0.717, 1.165) is 0 Å². The molecule has 3 N–H and O–H groups in total. The molecule has 0 aliphatic carbocycles. The molecule has 0 saturated carbocycles. The smallest absolute Gasteiger partial charge is 0.228 e. The van der Waals surface area contributed by atoms with Crippen LogP contribution in [0, 0.1) is 0 Å². The Morgan fingerprint density at radius 2 is 1.93 bits per heavy atom. The second-order valence-electron chi connectivity index (χ2n) is 2.91. The number of hydrogen-bond acceptors (Lipinski definition) is 5. The fourth-order valence-electron chi connectivity index (χ4n) is 1.17. The van der Waals surface area contributed by atoms with Crippen molar-refractivity contribution in [3.8, 4) is 0 Å². The average Bonchev–Trinajstić information content (AvgIpc) is 2.18. The summed E-state index contributed by atoms with van der Waals surface area (Å²) >= 11 is 0. The van der Waals surface area contributed by atoms with Gasteiger partial charge < -0.3 is 20.1 Å². The molecule has 80 valence electrons. The molecule has 0 aromatic heterocycles. The van der Waals surface area contributed by atoms with Gasteiger partial charge in [-0.3, -0.25) is 0 Å². The fraction of sp³-hybridized carbons (Fsp3) is 1.00. The summed E-state index contributed by atoms with van der Waals surface area (Å²) in [6.45, 7) is -0.304. The lowest BCUT2D eigenvalue weighted by Crippen LogP contribution is -2.56. The Morgan fingerprint density at radius 3 is 2.50 bits per heavy atom. The summed E-state index contributed by atoms with van der Waals surface area (Å²) in [5.41, 5.74) is 7.98. The lowest BCUT2D eigenvalue weighted by Gasteiger charge is -2.36. The molecule has 0 amide bonds. The van der Waals surface area contributed by atoms with Crippen LogP contribution in [0.4, 0.5) is 4.39 Å². The quantitative estimate of drug-likeness (QED) is 0.308. The zero-order valence-corrected chi connectivity index (χ0v) is 7.06. The van der Waals surface area contributed by atoms with E-state index in [0.29, 0.717) is 0 Å². The number of ether oxygens (including phenoxy) is 1. The van der Waals surface area contributed by atoms with Gasteiger partial charge in [0.2, 0.25) is 6.36 Å². The zero-order valence-electron chi connectivity index (χ0n) is 7.06. The van der Waals surface area contributed by atoms with Crippen LogP contribution in [0.5, 0.6) is 0 Å². The van der Waals surface area contributed by atoms with Crippen molar-refractivity contribution in [2.75, 3.05) is 6.54 Å². The lowest BCUT2D eigenvalue weighted by atomic mass is 9.99. The minimum atomic E-state index is -2.09. The lowest BCUT2D eigenvalue weighted by molar-refractivity contribution is -0.254. The molecule has 0 spiro atoms. The summed E-state index contributed by atoms with van der Waals surface area (Å²) in [4.78, 5) is 2.40. The molecule has 1 rings (SSSR count). The first kappa shape index (κ1) is 11.2. The molecule has 5 atom stereocenters. The van der Waals surface area contributed by atoms with Gasteiger partial charge in [-0.2, -0.15) is 0 Å². The van der Waals surface area contributed by atoms with Crippen molar-refractivity contribution >= 4 is 0 Å². The summed E-state index contributed by atoms with van der Waals surface area (Å²) in [5.74, 6) is 0. The summed E-state index contributed by atoms with van der Waals surface area (Å²) in [6, 6.07) is 0. The summed E-state index contributed by atoms with van der Waals surface area (Å²) in [6.07, 6.45) is -8.13. The van der Waals surface area contributed by atoms with Crippen molar-refractivity contribution < 1.29 is 24.4 Å². The largest absolute Gasteiger partial charge is 0.388 e. The van der Waals surface area contributed by atoms with Gasteiger partial charge in [-0.25, -0.2) is 4.39 Å². The molecule has 8 heteroatoms. The normalized spacial score (nSPS) is 43.0. The predicted molar refractivity (Wildman–Crippen MR) is 41.8 cm³/mol. The molecule has 7 nitrogen and oxygen atoms in total. The monoisotopic (exact) mass is 207 g/mol. The minimum absolute atomic E-state index is 0.304. The maximum Gasteiger partial charge on any atom is 0.228 e. The highest BCUT2D eigenvalue weighted by Gasteiger charge is 2.43.